The van der Waals surface area contributed by atoms with Gasteiger partial charge in [-0.2, -0.15) is 0 Å². The van der Waals surface area contributed by atoms with Gasteiger partial charge < -0.3 is 18.9 Å². The zero-order valence-electron chi connectivity index (χ0n) is 15.5. The molecule has 3 aromatic rings. The molecule has 0 fully saturated rings. The van der Waals surface area contributed by atoms with E-state index >= 15 is 0 Å². The molecule has 2 aliphatic heterocycles. The van der Waals surface area contributed by atoms with Crippen LogP contribution in [0.15, 0.2) is 53.8 Å². The monoisotopic (exact) mass is 362 g/mol. The molecule has 0 unspecified atom stereocenters. The van der Waals surface area contributed by atoms with Crippen LogP contribution in [0.4, 0.5) is 0 Å². The van der Waals surface area contributed by atoms with Crippen LogP contribution in [-0.2, 0) is 11.9 Å². The Hall–Kier alpha value is -2.95. The Labute approximate surface area is 158 Å². The normalized spacial score (nSPS) is 20.9. The van der Waals surface area contributed by atoms with Crippen LogP contribution in [0, 0.1) is 5.92 Å². The molecular formula is C22H22N2O3. The third-order valence-electron chi connectivity index (χ3n) is 5.45. The number of ether oxygens (including phenoxy) is 2. The average molecular weight is 362 g/mol. The van der Waals surface area contributed by atoms with Crippen molar-refractivity contribution in [2.45, 2.75) is 12.8 Å². The smallest absolute Gasteiger partial charge is 0.165 e. The van der Waals surface area contributed by atoms with Crippen molar-refractivity contribution in [2.75, 3.05) is 19.8 Å². The summed E-state index contributed by atoms with van der Waals surface area (Å²) in [7, 11) is 2.08. The lowest BCUT2D eigenvalue weighted by atomic mass is 9.82. The molecule has 5 heteroatoms. The second kappa shape index (κ2) is 6.34. The number of aromatic nitrogens is 1. The van der Waals surface area contributed by atoms with Gasteiger partial charge in [-0.3, -0.25) is 0 Å². The number of hydrogen-bond donors (Lipinski definition) is 0. The standard InChI is InChI=1S/C22H22N2O3/c1-3-25-19-10-6-8-16-20(21-14(13-27-23-21)12-26-22(16)19)17-11-24(2)18-9-5-4-7-15(17)18/h4-11,14,20H,3,12-13H2,1-2H3/t14-,20+/m0/s1. The summed E-state index contributed by atoms with van der Waals surface area (Å²) in [6, 6.07) is 14.6. The van der Waals surface area contributed by atoms with Crippen LogP contribution >= 0.6 is 0 Å². The molecule has 3 heterocycles. The Bertz CT molecular complexity index is 1040. The fourth-order valence-corrected chi connectivity index (χ4v) is 4.24. The highest BCUT2D eigenvalue weighted by Gasteiger charge is 2.39. The number of aryl methyl sites for hydroxylation is 1. The molecule has 1 aromatic heterocycles. The lowest BCUT2D eigenvalue weighted by Gasteiger charge is -2.19. The van der Waals surface area contributed by atoms with Crippen LogP contribution in [0.1, 0.15) is 24.0 Å². The lowest BCUT2D eigenvalue weighted by molar-refractivity contribution is 0.136. The number of para-hydroxylation sites is 2. The molecule has 2 aromatic carbocycles. The molecule has 0 bridgehead atoms. The lowest BCUT2D eigenvalue weighted by Crippen LogP contribution is -2.23. The minimum Gasteiger partial charge on any atom is -0.490 e. The largest absolute Gasteiger partial charge is 0.490 e. The zero-order valence-corrected chi connectivity index (χ0v) is 15.5. The summed E-state index contributed by atoms with van der Waals surface area (Å²) in [5.74, 6) is 1.76. The van der Waals surface area contributed by atoms with Crippen molar-refractivity contribution in [1.29, 1.82) is 0 Å². The van der Waals surface area contributed by atoms with Crippen molar-refractivity contribution in [2.24, 2.45) is 18.1 Å². The van der Waals surface area contributed by atoms with E-state index in [4.69, 9.17) is 14.3 Å². The van der Waals surface area contributed by atoms with E-state index in [1.807, 2.05) is 19.1 Å². The van der Waals surface area contributed by atoms with E-state index in [9.17, 15) is 0 Å². The Kier molecular flexibility index (Phi) is 3.81. The van der Waals surface area contributed by atoms with Gasteiger partial charge in [-0.1, -0.05) is 35.5 Å². The maximum absolute atomic E-state index is 6.22. The molecule has 2 atom stereocenters. The van der Waals surface area contributed by atoms with E-state index in [2.05, 4.69) is 53.3 Å². The van der Waals surface area contributed by atoms with Crippen LogP contribution in [0.3, 0.4) is 0 Å². The van der Waals surface area contributed by atoms with Crippen LogP contribution in [-0.4, -0.2) is 30.1 Å². The topological polar surface area (TPSA) is 45.0 Å². The molecule has 27 heavy (non-hydrogen) atoms. The van der Waals surface area contributed by atoms with Crippen molar-refractivity contribution < 1.29 is 14.3 Å². The maximum Gasteiger partial charge on any atom is 0.165 e. The second-order valence-electron chi connectivity index (χ2n) is 7.07. The van der Waals surface area contributed by atoms with E-state index in [-0.39, 0.29) is 11.8 Å². The predicted molar refractivity (Wildman–Crippen MR) is 105 cm³/mol. The number of hydrogen-bond acceptors (Lipinski definition) is 4. The minimum atomic E-state index is -0.0125. The van der Waals surface area contributed by atoms with Crippen molar-refractivity contribution in [3.63, 3.8) is 0 Å². The number of rotatable bonds is 3. The molecule has 0 N–H and O–H groups in total. The zero-order chi connectivity index (χ0) is 18.4. The summed E-state index contributed by atoms with van der Waals surface area (Å²) in [5, 5.41) is 5.68. The van der Waals surface area contributed by atoms with Crippen LogP contribution < -0.4 is 9.47 Å². The molecule has 0 spiro atoms. The summed E-state index contributed by atoms with van der Waals surface area (Å²) < 4.78 is 14.3. The van der Waals surface area contributed by atoms with Crippen LogP contribution in [0.25, 0.3) is 10.9 Å². The number of nitrogens with zero attached hydrogens (tertiary/aromatic N) is 2. The van der Waals surface area contributed by atoms with E-state index in [1.165, 1.54) is 16.5 Å². The number of fused-ring (bicyclic) bond motifs is 3. The van der Waals surface area contributed by atoms with Gasteiger partial charge in [0.25, 0.3) is 0 Å². The second-order valence-corrected chi connectivity index (χ2v) is 7.07. The van der Waals surface area contributed by atoms with Gasteiger partial charge in [0.15, 0.2) is 11.5 Å². The van der Waals surface area contributed by atoms with Gasteiger partial charge in [-0.15, -0.1) is 0 Å². The van der Waals surface area contributed by atoms with Gasteiger partial charge in [0.05, 0.1) is 24.2 Å². The Morgan fingerprint density at radius 3 is 2.89 bits per heavy atom. The first-order valence-corrected chi connectivity index (χ1v) is 9.40. The molecule has 0 saturated heterocycles. The summed E-state index contributed by atoms with van der Waals surface area (Å²) in [6.45, 7) is 3.71. The van der Waals surface area contributed by atoms with Crippen molar-refractivity contribution >= 4 is 16.6 Å². The molecule has 0 amide bonds. The van der Waals surface area contributed by atoms with E-state index in [0.29, 0.717) is 19.8 Å². The van der Waals surface area contributed by atoms with E-state index < -0.39 is 0 Å². The summed E-state index contributed by atoms with van der Waals surface area (Å²) in [6.07, 6.45) is 2.20. The highest BCUT2D eigenvalue weighted by molar-refractivity contribution is 6.01. The van der Waals surface area contributed by atoms with Gasteiger partial charge in [0, 0.05) is 29.7 Å². The fourth-order valence-electron chi connectivity index (χ4n) is 4.24. The Morgan fingerprint density at radius 1 is 1.11 bits per heavy atom. The highest BCUT2D eigenvalue weighted by atomic mass is 16.6. The van der Waals surface area contributed by atoms with Crippen LogP contribution in [0.2, 0.25) is 0 Å². The number of oxime groups is 1. The molecule has 0 saturated carbocycles. The predicted octanol–water partition coefficient (Wildman–Crippen LogP) is 4.10. The Balaban J connectivity index is 1.77. The molecule has 0 aliphatic carbocycles. The van der Waals surface area contributed by atoms with Crippen LogP contribution in [0.5, 0.6) is 11.5 Å². The van der Waals surface area contributed by atoms with Gasteiger partial charge in [-0.25, -0.2) is 0 Å². The molecule has 2 aliphatic rings. The van der Waals surface area contributed by atoms with E-state index in [1.54, 1.807) is 0 Å². The molecular weight excluding hydrogens is 340 g/mol. The summed E-state index contributed by atoms with van der Waals surface area (Å²) in [5.41, 5.74) is 4.56. The van der Waals surface area contributed by atoms with Gasteiger partial charge in [0.1, 0.15) is 13.2 Å². The minimum absolute atomic E-state index is 0.0125. The molecule has 0 radical (unpaired) electrons. The molecule has 138 valence electrons. The first-order chi connectivity index (χ1) is 13.3. The summed E-state index contributed by atoms with van der Waals surface area (Å²) in [4.78, 5) is 5.48. The fraction of sp³-hybridized carbons (Fsp3) is 0.318. The van der Waals surface area contributed by atoms with E-state index in [0.717, 1.165) is 22.8 Å². The molecule has 5 rings (SSSR count). The number of benzene rings is 2. The van der Waals surface area contributed by atoms with Gasteiger partial charge in [-0.05, 0) is 24.6 Å². The first kappa shape index (κ1) is 16.2. The van der Waals surface area contributed by atoms with Crippen molar-refractivity contribution in [3.05, 3.63) is 59.8 Å². The first-order valence-electron chi connectivity index (χ1n) is 9.40. The average Bonchev–Trinajstić information content (AvgIpc) is 3.24. The quantitative estimate of drug-likeness (QED) is 0.704. The third kappa shape index (κ3) is 2.49. The maximum atomic E-state index is 6.22. The van der Waals surface area contributed by atoms with Gasteiger partial charge in [0.2, 0.25) is 0 Å². The highest BCUT2D eigenvalue weighted by Crippen LogP contribution is 2.45. The Morgan fingerprint density at radius 2 is 2.00 bits per heavy atom. The van der Waals surface area contributed by atoms with Crippen molar-refractivity contribution in [3.8, 4) is 11.5 Å². The third-order valence-corrected chi connectivity index (χ3v) is 5.45. The van der Waals surface area contributed by atoms with Gasteiger partial charge >= 0.3 is 0 Å². The summed E-state index contributed by atoms with van der Waals surface area (Å²) >= 11 is 0. The SMILES string of the molecule is CCOc1cccc2c1OC[C@H]1CON=C1[C@H]2c1cn(C)c2ccccc12. The molecule has 5 nitrogen and oxygen atoms in total. The van der Waals surface area contributed by atoms with Crippen molar-refractivity contribution in [1.82, 2.24) is 4.57 Å².